The normalized spacial score (nSPS) is 12.3. The van der Waals surface area contributed by atoms with Crippen LogP contribution in [0.2, 0.25) is 0 Å². The van der Waals surface area contributed by atoms with Gasteiger partial charge in [-0.25, -0.2) is 13.1 Å². The molecule has 0 aromatic carbocycles. The Kier molecular flexibility index (Phi) is 7.59. The lowest BCUT2D eigenvalue weighted by molar-refractivity contribution is 0.565. The van der Waals surface area contributed by atoms with E-state index < -0.39 is 10.0 Å². The number of sulfonamides is 1. The minimum absolute atomic E-state index is 0.342. The summed E-state index contributed by atoms with van der Waals surface area (Å²) >= 11 is 5.52. The van der Waals surface area contributed by atoms with E-state index in [9.17, 15) is 8.42 Å². The summed E-state index contributed by atoms with van der Waals surface area (Å²) < 4.78 is 25.1. The van der Waals surface area contributed by atoms with E-state index in [1.54, 1.807) is 13.8 Å². The van der Waals surface area contributed by atoms with Gasteiger partial charge in [-0.3, -0.25) is 0 Å². The Balaban J connectivity index is 3.46. The van der Waals surface area contributed by atoms with Gasteiger partial charge in [-0.05, 0) is 26.7 Å². The average Bonchev–Trinajstić information content (AvgIpc) is 2.10. The Labute approximate surface area is 92.3 Å². The Morgan fingerprint density at radius 3 is 2.21 bits per heavy atom. The summed E-state index contributed by atoms with van der Waals surface area (Å²) in [6.07, 6.45) is 4.02. The van der Waals surface area contributed by atoms with Gasteiger partial charge in [-0.2, -0.15) is 0 Å². The average molecular weight is 242 g/mol. The number of halogens is 1. The third kappa shape index (κ3) is 6.62. The van der Waals surface area contributed by atoms with E-state index in [0.717, 1.165) is 25.7 Å². The topological polar surface area (TPSA) is 46.2 Å². The largest absolute Gasteiger partial charge is 0.215 e. The number of hydrogen-bond donors (Lipinski definition) is 1. The Hall–Kier alpha value is 0.200. The minimum atomic E-state index is -3.07. The van der Waals surface area contributed by atoms with Crippen molar-refractivity contribution in [1.82, 2.24) is 4.72 Å². The number of hydrogen-bond acceptors (Lipinski definition) is 2. The van der Waals surface area contributed by atoms with Gasteiger partial charge in [-0.1, -0.05) is 12.8 Å². The van der Waals surface area contributed by atoms with E-state index in [1.807, 2.05) is 0 Å². The zero-order chi connectivity index (χ0) is 11.0. The van der Waals surface area contributed by atoms with Crippen molar-refractivity contribution in [3.63, 3.8) is 0 Å². The Morgan fingerprint density at radius 1 is 1.14 bits per heavy atom. The van der Waals surface area contributed by atoms with Crippen molar-refractivity contribution in [2.24, 2.45) is 0 Å². The van der Waals surface area contributed by atoms with Gasteiger partial charge in [0.05, 0.1) is 5.25 Å². The lowest BCUT2D eigenvalue weighted by Crippen LogP contribution is -2.31. The molecule has 0 amide bonds. The quantitative estimate of drug-likeness (QED) is 0.523. The summed E-state index contributed by atoms with van der Waals surface area (Å²) in [6, 6.07) is 0. The van der Waals surface area contributed by atoms with Gasteiger partial charge in [-0.15, -0.1) is 11.6 Å². The molecular weight excluding hydrogens is 222 g/mol. The second-order valence-electron chi connectivity index (χ2n) is 3.59. The molecule has 0 aromatic heterocycles. The standard InChI is InChI=1S/C9H20ClNO2S/c1-9(2)14(12,13)11-8-6-4-3-5-7-10/h9,11H,3-8H2,1-2H3. The first kappa shape index (κ1) is 14.2. The van der Waals surface area contributed by atoms with Crippen molar-refractivity contribution < 1.29 is 8.42 Å². The second kappa shape index (κ2) is 7.49. The van der Waals surface area contributed by atoms with E-state index in [4.69, 9.17) is 11.6 Å². The highest BCUT2D eigenvalue weighted by molar-refractivity contribution is 7.90. The summed E-state index contributed by atoms with van der Waals surface area (Å²) in [5.41, 5.74) is 0. The molecule has 0 rings (SSSR count). The molecule has 86 valence electrons. The molecule has 0 aliphatic rings. The van der Waals surface area contributed by atoms with Crippen LogP contribution in [0.5, 0.6) is 0 Å². The van der Waals surface area contributed by atoms with Crippen LogP contribution in [-0.4, -0.2) is 26.1 Å². The molecule has 0 fully saturated rings. The Bertz CT molecular complexity index is 227. The number of alkyl halides is 1. The fourth-order valence-electron chi connectivity index (χ4n) is 0.954. The summed E-state index contributed by atoms with van der Waals surface area (Å²) in [6.45, 7) is 3.90. The summed E-state index contributed by atoms with van der Waals surface area (Å²) in [4.78, 5) is 0. The maximum absolute atomic E-state index is 11.3. The van der Waals surface area contributed by atoms with Crippen molar-refractivity contribution in [3.8, 4) is 0 Å². The van der Waals surface area contributed by atoms with Gasteiger partial charge in [0.1, 0.15) is 0 Å². The maximum Gasteiger partial charge on any atom is 0.213 e. The third-order valence-corrected chi connectivity index (χ3v) is 4.10. The highest BCUT2D eigenvalue weighted by atomic mass is 35.5. The van der Waals surface area contributed by atoms with Gasteiger partial charge in [0, 0.05) is 12.4 Å². The summed E-state index contributed by atoms with van der Waals surface area (Å²) in [5.74, 6) is 0.692. The first-order chi connectivity index (χ1) is 6.50. The van der Waals surface area contributed by atoms with Crippen LogP contribution in [0.3, 0.4) is 0 Å². The second-order valence-corrected chi connectivity index (χ2v) is 6.29. The molecule has 0 atom stereocenters. The van der Waals surface area contributed by atoms with Crippen molar-refractivity contribution in [3.05, 3.63) is 0 Å². The van der Waals surface area contributed by atoms with Crippen molar-refractivity contribution in [1.29, 1.82) is 0 Å². The van der Waals surface area contributed by atoms with Gasteiger partial charge in [0.15, 0.2) is 0 Å². The molecule has 5 heteroatoms. The minimum Gasteiger partial charge on any atom is -0.215 e. The van der Waals surface area contributed by atoms with E-state index in [0.29, 0.717) is 12.4 Å². The van der Waals surface area contributed by atoms with E-state index >= 15 is 0 Å². The molecule has 0 aliphatic carbocycles. The molecule has 0 saturated heterocycles. The van der Waals surface area contributed by atoms with Crippen LogP contribution in [-0.2, 0) is 10.0 Å². The molecule has 0 unspecified atom stereocenters. The van der Waals surface area contributed by atoms with Crippen LogP contribution in [0.25, 0.3) is 0 Å². The molecule has 0 radical (unpaired) electrons. The maximum atomic E-state index is 11.3. The van der Waals surface area contributed by atoms with E-state index in [2.05, 4.69) is 4.72 Å². The zero-order valence-electron chi connectivity index (χ0n) is 8.92. The van der Waals surface area contributed by atoms with Crippen LogP contribution in [0, 0.1) is 0 Å². The number of unbranched alkanes of at least 4 members (excludes halogenated alkanes) is 3. The fourth-order valence-corrected chi connectivity index (χ4v) is 1.91. The van der Waals surface area contributed by atoms with Crippen LogP contribution in [0.1, 0.15) is 39.5 Å². The molecular formula is C9H20ClNO2S. The highest BCUT2D eigenvalue weighted by Gasteiger charge is 2.13. The molecule has 14 heavy (non-hydrogen) atoms. The van der Waals surface area contributed by atoms with E-state index in [-0.39, 0.29) is 5.25 Å². The molecule has 3 nitrogen and oxygen atoms in total. The predicted octanol–water partition coefficient (Wildman–Crippen LogP) is 2.11. The molecule has 0 aromatic rings. The molecule has 1 N–H and O–H groups in total. The van der Waals surface area contributed by atoms with Crippen molar-refractivity contribution in [2.45, 2.75) is 44.8 Å². The van der Waals surface area contributed by atoms with Gasteiger partial charge < -0.3 is 0 Å². The molecule has 0 saturated carbocycles. The summed E-state index contributed by atoms with van der Waals surface area (Å²) in [7, 11) is -3.07. The number of nitrogens with one attached hydrogen (secondary N) is 1. The lowest BCUT2D eigenvalue weighted by atomic mass is 10.2. The third-order valence-electron chi connectivity index (χ3n) is 1.98. The zero-order valence-corrected chi connectivity index (χ0v) is 10.5. The molecule has 0 aliphatic heterocycles. The van der Waals surface area contributed by atoms with Crippen LogP contribution in [0.15, 0.2) is 0 Å². The molecule has 0 spiro atoms. The molecule has 0 heterocycles. The van der Waals surface area contributed by atoms with Gasteiger partial charge in [0.2, 0.25) is 10.0 Å². The molecule has 0 bridgehead atoms. The van der Waals surface area contributed by atoms with Crippen LogP contribution < -0.4 is 4.72 Å². The first-order valence-corrected chi connectivity index (χ1v) is 7.13. The SMILES string of the molecule is CC(C)S(=O)(=O)NCCCCCCCl. The lowest BCUT2D eigenvalue weighted by Gasteiger charge is -2.08. The first-order valence-electron chi connectivity index (χ1n) is 5.05. The summed E-state index contributed by atoms with van der Waals surface area (Å²) in [5, 5.41) is -0.342. The predicted molar refractivity (Wildman–Crippen MR) is 61.2 cm³/mol. The van der Waals surface area contributed by atoms with Crippen LogP contribution in [0.4, 0.5) is 0 Å². The highest BCUT2D eigenvalue weighted by Crippen LogP contribution is 2.01. The van der Waals surface area contributed by atoms with Crippen molar-refractivity contribution in [2.75, 3.05) is 12.4 Å². The smallest absolute Gasteiger partial charge is 0.213 e. The fraction of sp³-hybridized carbons (Fsp3) is 1.00. The van der Waals surface area contributed by atoms with Gasteiger partial charge in [0.25, 0.3) is 0 Å². The van der Waals surface area contributed by atoms with Crippen LogP contribution >= 0.6 is 11.6 Å². The van der Waals surface area contributed by atoms with Crippen molar-refractivity contribution >= 4 is 21.6 Å². The monoisotopic (exact) mass is 241 g/mol. The number of rotatable bonds is 8. The van der Waals surface area contributed by atoms with E-state index in [1.165, 1.54) is 0 Å². The van der Waals surface area contributed by atoms with Gasteiger partial charge >= 0.3 is 0 Å². The Morgan fingerprint density at radius 2 is 1.71 bits per heavy atom.